The second-order valence-corrected chi connectivity index (χ2v) is 5.64. The van der Waals surface area contributed by atoms with E-state index >= 15 is 0 Å². The number of nitrogens with two attached hydrogens (primary N) is 1. The molecule has 2 N–H and O–H groups in total. The van der Waals surface area contributed by atoms with Crippen molar-refractivity contribution in [3.05, 3.63) is 47.0 Å². The SMILES string of the molecule is Cc1cc(C)nc(SC(CN)c2ccc(C)o2)c1. The minimum Gasteiger partial charge on any atom is -0.465 e. The summed E-state index contributed by atoms with van der Waals surface area (Å²) in [6.45, 7) is 6.56. The third kappa shape index (κ3) is 3.15. The Morgan fingerprint density at radius 1 is 1.28 bits per heavy atom. The second kappa shape index (κ2) is 5.59. The number of rotatable bonds is 4. The lowest BCUT2D eigenvalue weighted by Gasteiger charge is -2.12. The first-order chi connectivity index (χ1) is 8.58. The van der Waals surface area contributed by atoms with Gasteiger partial charge in [-0.1, -0.05) is 11.8 Å². The van der Waals surface area contributed by atoms with Gasteiger partial charge in [-0.05, 0) is 50.6 Å². The van der Waals surface area contributed by atoms with E-state index in [0.717, 1.165) is 22.2 Å². The van der Waals surface area contributed by atoms with E-state index in [1.54, 1.807) is 11.8 Å². The molecule has 3 nitrogen and oxygen atoms in total. The first-order valence-corrected chi connectivity index (χ1v) is 6.85. The van der Waals surface area contributed by atoms with Gasteiger partial charge in [-0.3, -0.25) is 0 Å². The Balaban J connectivity index is 2.20. The summed E-state index contributed by atoms with van der Waals surface area (Å²) in [6, 6.07) is 8.10. The van der Waals surface area contributed by atoms with Crippen LogP contribution in [0.1, 0.15) is 28.0 Å². The largest absolute Gasteiger partial charge is 0.465 e. The fraction of sp³-hybridized carbons (Fsp3) is 0.357. The summed E-state index contributed by atoms with van der Waals surface area (Å²) < 4.78 is 5.64. The van der Waals surface area contributed by atoms with Gasteiger partial charge >= 0.3 is 0 Å². The van der Waals surface area contributed by atoms with Crippen LogP contribution in [-0.2, 0) is 0 Å². The zero-order valence-corrected chi connectivity index (χ0v) is 11.8. The van der Waals surface area contributed by atoms with Gasteiger partial charge in [0.15, 0.2) is 0 Å². The molecule has 1 unspecified atom stereocenters. The molecule has 2 aromatic heterocycles. The van der Waals surface area contributed by atoms with Gasteiger partial charge < -0.3 is 10.2 Å². The lowest BCUT2D eigenvalue weighted by atomic mass is 10.3. The fourth-order valence-corrected chi connectivity index (χ4v) is 2.94. The Hall–Kier alpha value is -1.26. The predicted molar refractivity (Wildman–Crippen MR) is 74.8 cm³/mol. The van der Waals surface area contributed by atoms with E-state index in [4.69, 9.17) is 10.2 Å². The van der Waals surface area contributed by atoms with Crippen molar-refractivity contribution in [3.63, 3.8) is 0 Å². The minimum absolute atomic E-state index is 0.118. The van der Waals surface area contributed by atoms with Gasteiger partial charge in [-0.15, -0.1) is 0 Å². The van der Waals surface area contributed by atoms with Crippen molar-refractivity contribution in [3.8, 4) is 0 Å². The molecule has 18 heavy (non-hydrogen) atoms. The van der Waals surface area contributed by atoms with Crippen LogP contribution in [0.5, 0.6) is 0 Å². The van der Waals surface area contributed by atoms with Gasteiger partial charge in [0, 0.05) is 12.2 Å². The number of aromatic nitrogens is 1. The lowest BCUT2D eigenvalue weighted by molar-refractivity contribution is 0.481. The molecule has 0 bridgehead atoms. The van der Waals surface area contributed by atoms with Crippen molar-refractivity contribution in [2.45, 2.75) is 31.0 Å². The van der Waals surface area contributed by atoms with Crippen LogP contribution in [0, 0.1) is 20.8 Å². The van der Waals surface area contributed by atoms with Crippen LogP contribution in [0.4, 0.5) is 0 Å². The Bertz CT molecular complexity index is 516. The number of pyridine rings is 1. The average molecular weight is 262 g/mol. The standard InChI is InChI=1S/C14H18N2OS/c1-9-6-10(2)16-14(7-9)18-13(8-15)12-5-4-11(3)17-12/h4-7,13H,8,15H2,1-3H3. The van der Waals surface area contributed by atoms with Crippen molar-refractivity contribution >= 4 is 11.8 Å². The van der Waals surface area contributed by atoms with Crippen molar-refractivity contribution in [1.82, 2.24) is 4.98 Å². The van der Waals surface area contributed by atoms with Gasteiger partial charge in [0.05, 0.1) is 10.3 Å². The van der Waals surface area contributed by atoms with Gasteiger partial charge in [-0.25, -0.2) is 4.98 Å². The smallest absolute Gasteiger partial charge is 0.118 e. The quantitative estimate of drug-likeness (QED) is 0.858. The molecular formula is C14H18N2OS. The van der Waals surface area contributed by atoms with E-state index < -0.39 is 0 Å². The maximum atomic E-state index is 5.83. The highest BCUT2D eigenvalue weighted by atomic mass is 32.2. The lowest BCUT2D eigenvalue weighted by Crippen LogP contribution is -2.09. The first kappa shape index (κ1) is 13.2. The molecule has 0 saturated carbocycles. The summed E-state index contributed by atoms with van der Waals surface area (Å²) in [5, 5.41) is 1.12. The van der Waals surface area contributed by atoms with E-state index in [2.05, 4.69) is 24.0 Å². The molecule has 1 atom stereocenters. The predicted octanol–water partition coefficient (Wildman–Crippen LogP) is 3.39. The zero-order chi connectivity index (χ0) is 13.1. The Morgan fingerprint density at radius 2 is 2.06 bits per heavy atom. The molecule has 0 aliphatic rings. The Morgan fingerprint density at radius 3 is 2.61 bits per heavy atom. The monoisotopic (exact) mass is 262 g/mol. The van der Waals surface area contributed by atoms with E-state index in [0.29, 0.717) is 6.54 Å². The van der Waals surface area contributed by atoms with E-state index in [9.17, 15) is 0 Å². The average Bonchev–Trinajstić information content (AvgIpc) is 2.71. The minimum atomic E-state index is 0.118. The van der Waals surface area contributed by atoms with Crippen LogP contribution < -0.4 is 5.73 Å². The number of nitrogens with zero attached hydrogens (tertiary/aromatic N) is 1. The van der Waals surface area contributed by atoms with Gasteiger partial charge in [-0.2, -0.15) is 0 Å². The normalized spacial score (nSPS) is 12.7. The van der Waals surface area contributed by atoms with Crippen molar-refractivity contribution in [2.75, 3.05) is 6.54 Å². The molecule has 0 radical (unpaired) electrons. The number of aryl methyl sites for hydroxylation is 3. The van der Waals surface area contributed by atoms with Crippen LogP contribution in [0.15, 0.2) is 33.7 Å². The third-order valence-corrected chi connectivity index (χ3v) is 3.79. The molecule has 0 spiro atoms. The molecule has 4 heteroatoms. The maximum Gasteiger partial charge on any atom is 0.118 e. The summed E-state index contributed by atoms with van der Waals surface area (Å²) in [7, 11) is 0. The summed E-state index contributed by atoms with van der Waals surface area (Å²) >= 11 is 1.65. The number of thioether (sulfide) groups is 1. The molecule has 0 aromatic carbocycles. The van der Waals surface area contributed by atoms with E-state index in [1.165, 1.54) is 5.56 Å². The second-order valence-electron chi connectivity index (χ2n) is 4.41. The van der Waals surface area contributed by atoms with E-state index in [-0.39, 0.29) is 5.25 Å². The van der Waals surface area contributed by atoms with Gasteiger partial charge in [0.2, 0.25) is 0 Å². The molecule has 0 aliphatic carbocycles. The van der Waals surface area contributed by atoms with Crippen molar-refractivity contribution in [2.24, 2.45) is 5.73 Å². The summed E-state index contributed by atoms with van der Waals surface area (Å²) in [5.74, 6) is 1.83. The highest BCUT2D eigenvalue weighted by molar-refractivity contribution is 7.99. The fourth-order valence-electron chi connectivity index (χ4n) is 1.86. The summed E-state index contributed by atoms with van der Waals surface area (Å²) in [5.41, 5.74) is 8.08. The number of hydrogen-bond donors (Lipinski definition) is 1. The highest BCUT2D eigenvalue weighted by Crippen LogP contribution is 2.34. The number of furan rings is 1. The zero-order valence-electron chi connectivity index (χ0n) is 10.9. The molecule has 0 aliphatic heterocycles. The Kier molecular flexibility index (Phi) is 4.09. The maximum absolute atomic E-state index is 5.83. The topological polar surface area (TPSA) is 52.0 Å². The molecule has 0 saturated heterocycles. The molecule has 0 amide bonds. The van der Waals surface area contributed by atoms with Gasteiger partial charge in [0.25, 0.3) is 0 Å². The Labute approximate surface area is 112 Å². The number of hydrogen-bond acceptors (Lipinski definition) is 4. The van der Waals surface area contributed by atoms with Crippen LogP contribution in [0.25, 0.3) is 0 Å². The molecule has 96 valence electrons. The highest BCUT2D eigenvalue weighted by Gasteiger charge is 2.16. The molecular weight excluding hydrogens is 244 g/mol. The van der Waals surface area contributed by atoms with Crippen LogP contribution in [0.2, 0.25) is 0 Å². The van der Waals surface area contributed by atoms with Crippen LogP contribution in [-0.4, -0.2) is 11.5 Å². The molecule has 2 aromatic rings. The first-order valence-electron chi connectivity index (χ1n) is 5.97. The van der Waals surface area contributed by atoms with Crippen LogP contribution >= 0.6 is 11.8 Å². The summed E-state index contributed by atoms with van der Waals surface area (Å²) in [4.78, 5) is 4.52. The third-order valence-electron chi connectivity index (χ3n) is 2.63. The molecule has 0 fully saturated rings. The van der Waals surface area contributed by atoms with Crippen molar-refractivity contribution in [1.29, 1.82) is 0 Å². The van der Waals surface area contributed by atoms with Crippen molar-refractivity contribution < 1.29 is 4.42 Å². The molecule has 2 rings (SSSR count). The van der Waals surface area contributed by atoms with Crippen LogP contribution in [0.3, 0.4) is 0 Å². The summed E-state index contributed by atoms with van der Waals surface area (Å²) in [6.07, 6.45) is 0. The van der Waals surface area contributed by atoms with E-state index in [1.807, 2.05) is 26.0 Å². The van der Waals surface area contributed by atoms with Gasteiger partial charge in [0.1, 0.15) is 11.5 Å². The molecule has 2 heterocycles.